The molecule has 2 nitrogen and oxygen atoms in total. The molecule has 1 aliphatic heterocycles. The number of rotatable bonds is 0. The number of ether oxygens (including phenoxy) is 1. The van der Waals surface area contributed by atoms with Crippen LogP contribution >= 0.6 is 0 Å². The number of hydrogen-bond acceptors (Lipinski definition) is 2. The van der Waals surface area contributed by atoms with Crippen molar-refractivity contribution in [2.45, 2.75) is 13.0 Å². The van der Waals surface area contributed by atoms with E-state index in [1.807, 2.05) is 0 Å². The minimum Gasteiger partial charge on any atom is -0.508 e. The molecule has 0 saturated carbocycles. The summed E-state index contributed by atoms with van der Waals surface area (Å²) in [5, 5.41) is 8.86. The molecule has 1 heterocycles. The third-order valence-electron chi connectivity index (χ3n) is 1.04. The van der Waals surface area contributed by atoms with Crippen LogP contribution in [0.25, 0.3) is 0 Å². The first-order chi connectivity index (χ1) is 3.80. The van der Waals surface area contributed by atoms with Gasteiger partial charge in [-0.1, -0.05) is 0 Å². The molecule has 0 bridgehead atoms. The third kappa shape index (κ3) is 0.832. The maximum Gasteiger partial charge on any atom is 0.151 e. The Balaban J connectivity index is 2.66. The first kappa shape index (κ1) is 5.22. The van der Waals surface area contributed by atoms with Gasteiger partial charge in [-0.3, -0.25) is 0 Å². The molecule has 0 saturated heterocycles. The Labute approximate surface area is 48.1 Å². The van der Waals surface area contributed by atoms with E-state index >= 15 is 0 Å². The minimum absolute atomic E-state index is 0.167. The summed E-state index contributed by atoms with van der Waals surface area (Å²) in [4.78, 5) is 0. The summed E-state index contributed by atoms with van der Waals surface area (Å²) in [5.41, 5.74) is 0. The summed E-state index contributed by atoms with van der Waals surface area (Å²) in [6, 6.07) is 0. The lowest BCUT2D eigenvalue weighted by Gasteiger charge is -2.12. The lowest BCUT2D eigenvalue weighted by molar-refractivity contribution is 0.139. The van der Waals surface area contributed by atoms with Crippen LogP contribution < -0.4 is 0 Å². The third-order valence-corrected chi connectivity index (χ3v) is 1.04. The van der Waals surface area contributed by atoms with Crippen molar-refractivity contribution in [1.82, 2.24) is 0 Å². The highest BCUT2D eigenvalue weighted by molar-refractivity contribution is 5.11. The van der Waals surface area contributed by atoms with Gasteiger partial charge in [0, 0.05) is 0 Å². The largest absolute Gasteiger partial charge is 0.508 e. The van der Waals surface area contributed by atoms with Crippen molar-refractivity contribution < 1.29 is 9.84 Å². The molecule has 1 atom stereocenters. The van der Waals surface area contributed by atoms with Crippen molar-refractivity contribution in [3.63, 3.8) is 0 Å². The van der Waals surface area contributed by atoms with E-state index in [2.05, 4.69) is 0 Å². The number of aliphatic hydroxyl groups excluding tert-OH is 1. The SMILES string of the molecule is CC1OC=CC=C1O. The lowest BCUT2D eigenvalue weighted by atomic mass is 10.3. The maximum atomic E-state index is 8.86. The Morgan fingerprint density at radius 1 is 1.75 bits per heavy atom. The zero-order valence-electron chi connectivity index (χ0n) is 4.66. The summed E-state index contributed by atoms with van der Waals surface area (Å²) in [5.74, 6) is 0.285. The smallest absolute Gasteiger partial charge is 0.151 e. The Morgan fingerprint density at radius 3 is 2.88 bits per heavy atom. The first-order valence-corrected chi connectivity index (χ1v) is 2.52. The second-order valence-electron chi connectivity index (χ2n) is 1.70. The first-order valence-electron chi connectivity index (χ1n) is 2.52. The average molecular weight is 112 g/mol. The van der Waals surface area contributed by atoms with Gasteiger partial charge in [-0.05, 0) is 19.1 Å². The van der Waals surface area contributed by atoms with Crippen molar-refractivity contribution in [3.8, 4) is 0 Å². The van der Waals surface area contributed by atoms with Crippen LogP contribution in [0.15, 0.2) is 24.2 Å². The summed E-state index contributed by atoms with van der Waals surface area (Å²) in [6.45, 7) is 1.79. The van der Waals surface area contributed by atoms with E-state index in [0.717, 1.165) is 0 Å². The zero-order valence-corrected chi connectivity index (χ0v) is 4.66. The fraction of sp³-hybridized carbons (Fsp3) is 0.333. The van der Waals surface area contributed by atoms with Crippen molar-refractivity contribution in [2.75, 3.05) is 0 Å². The summed E-state index contributed by atoms with van der Waals surface area (Å²) in [7, 11) is 0. The van der Waals surface area contributed by atoms with Crippen LogP contribution in [0.4, 0.5) is 0 Å². The standard InChI is InChI=1S/C6H8O2/c1-5-6(7)3-2-4-8-5/h2-5,7H,1H3. The Hall–Kier alpha value is -0.920. The van der Waals surface area contributed by atoms with Crippen LogP contribution in [0, 0.1) is 0 Å². The fourth-order valence-electron chi connectivity index (χ4n) is 0.506. The second kappa shape index (κ2) is 1.90. The fourth-order valence-corrected chi connectivity index (χ4v) is 0.506. The van der Waals surface area contributed by atoms with Gasteiger partial charge in [0.15, 0.2) is 6.10 Å². The molecule has 44 valence electrons. The van der Waals surface area contributed by atoms with Gasteiger partial charge < -0.3 is 9.84 Å². The van der Waals surface area contributed by atoms with Crippen LogP contribution in [0.5, 0.6) is 0 Å². The average Bonchev–Trinajstić information content (AvgIpc) is 1.77. The van der Waals surface area contributed by atoms with Crippen LogP contribution in [-0.4, -0.2) is 11.2 Å². The van der Waals surface area contributed by atoms with E-state index in [4.69, 9.17) is 9.84 Å². The van der Waals surface area contributed by atoms with Gasteiger partial charge in [-0.2, -0.15) is 0 Å². The van der Waals surface area contributed by atoms with Crippen molar-refractivity contribution in [1.29, 1.82) is 0 Å². The number of hydrogen-bond donors (Lipinski definition) is 1. The molecular weight excluding hydrogens is 104 g/mol. The summed E-state index contributed by atoms with van der Waals surface area (Å²) >= 11 is 0. The molecule has 1 rings (SSSR count). The second-order valence-corrected chi connectivity index (χ2v) is 1.70. The molecule has 0 aliphatic carbocycles. The van der Waals surface area contributed by atoms with Gasteiger partial charge in [0.1, 0.15) is 5.76 Å². The van der Waals surface area contributed by atoms with E-state index in [1.165, 1.54) is 0 Å². The van der Waals surface area contributed by atoms with Gasteiger partial charge in [0.05, 0.1) is 6.26 Å². The van der Waals surface area contributed by atoms with E-state index in [-0.39, 0.29) is 11.9 Å². The Morgan fingerprint density at radius 2 is 2.50 bits per heavy atom. The topological polar surface area (TPSA) is 29.5 Å². The number of aliphatic hydroxyl groups is 1. The molecule has 0 fully saturated rings. The van der Waals surface area contributed by atoms with Crippen molar-refractivity contribution >= 4 is 0 Å². The highest BCUT2D eigenvalue weighted by Crippen LogP contribution is 2.07. The maximum absolute atomic E-state index is 8.86. The molecular formula is C6H8O2. The van der Waals surface area contributed by atoms with Gasteiger partial charge in [0.25, 0.3) is 0 Å². The van der Waals surface area contributed by atoms with Gasteiger partial charge in [-0.15, -0.1) is 0 Å². The molecule has 0 spiro atoms. The monoisotopic (exact) mass is 112 g/mol. The molecule has 2 heteroatoms. The van der Waals surface area contributed by atoms with Gasteiger partial charge in [0.2, 0.25) is 0 Å². The summed E-state index contributed by atoms with van der Waals surface area (Å²) < 4.78 is 4.89. The molecule has 1 aliphatic rings. The van der Waals surface area contributed by atoms with E-state index in [1.54, 1.807) is 25.3 Å². The molecule has 0 aromatic rings. The Kier molecular flexibility index (Phi) is 1.24. The van der Waals surface area contributed by atoms with Gasteiger partial charge >= 0.3 is 0 Å². The molecule has 0 aromatic heterocycles. The highest BCUT2D eigenvalue weighted by atomic mass is 16.5. The van der Waals surface area contributed by atoms with Crippen LogP contribution in [0.1, 0.15) is 6.92 Å². The minimum atomic E-state index is -0.167. The normalized spacial score (nSPS) is 26.6. The van der Waals surface area contributed by atoms with E-state index in [0.29, 0.717) is 0 Å². The van der Waals surface area contributed by atoms with Crippen LogP contribution in [0.3, 0.4) is 0 Å². The quantitative estimate of drug-likeness (QED) is 0.512. The Bertz CT molecular complexity index is 135. The zero-order chi connectivity index (χ0) is 5.98. The predicted octanol–water partition coefficient (Wildman–Crippen LogP) is 1.36. The molecule has 0 radical (unpaired) electrons. The van der Waals surface area contributed by atoms with Crippen LogP contribution in [0.2, 0.25) is 0 Å². The lowest BCUT2D eigenvalue weighted by Crippen LogP contribution is -2.09. The van der Waals surface area contributed by atoms with Gasteiger partial charge in [-0.25, -0.2) is 0 Å². The number of allylic oxidation sites excluding steroid dienone is 2. The van der Waals surface area contributed by atoms with Crippen molar-refractivity contribution in [2.24, 2.45) is 0 Å². The van der Waals surface area contributed by atoms with E-state index in [9.17, 15) is 0 Å². The molecule has 8 heavy (non-hydrogen) atoms. The van der Waals surface area contributed by atoms with Crippen LogP contribution in [-0.2, 0) is 4.74 Å². The highest BCUT2D eigenvalue weighted by Gasteiger charge is 2.06. The molecule has 0 amide bonds. The molecule has 0 aromatic carbocycles. The molecule has 1 unspecified atom stereocenters. The predicted molar refractivity (Wildman–Crippen MR) is 30.4 cm³/mol. The van der Waals surface area contributed by atoms with E-state index < -0.39 is 0 Å². The summed E-state index contributed by atoms with van der Waals surface area (Å²) in [6.07, 6.45) is 4.67. The van der Waals surface area contributed by atoms with Crippen molar-refractivity contribution in [3.05, 3.63) is 24.2 Å². The molecule has 1 N–H and O–H groups in total.